The fraction of sp³-hybridized carbons (Fsp3) is 0.176. The summed E-state index contributed by atoms with van der Waals surface area (Å²) in [6.45, 7) is 1.74. The van der Waals surface area contributed by atoms with Gasteiger partial charge in [-0.3, -0.25) is 4.79 Å². The van der Waals surface area contributed by atoms with Crippen molar-refractivity contribution in [1.29, 1.82) is 0 Å². The normalized spacial score (nSPS) is 10.6. The molecular formula is C17H17ClN2O3. The Morgan fingerprint density at radius 3 is 2.65 bits per heavy atom. The summed E-state index contributed by atoms with van der Waals surface area (Å²) in [5, 5.41) is 4.51. The van der Waals surface area contributed by atoms with Crippen LogP contribution < -0.4 is 14.9 Å². The van der Waals surface area contributed by atoms with Crippen LogP contribution in [-0.2, 0) is 4.79 Å². The van der Waals surface area contributed by atoms with Gasteiger partial charge in [0.25, 0.3) is 5.91 Å². The van der Waals surface area contributed by atoms with Gasteiger partial charge in [0.15, 0.2) is 6.61 Å². The average Bonchev–Trinajstić information content (AvgIpc) is 2.54. The second kappa shape index (κ2) is 8.19. The van der Waals surface area contributed by atoms with Crippen LogP contribution in [0.1, 0.15) is 11.1 Å². The van der Waals surface area contributed by atoms with Gasteiger partial charge in [-0.25, -0.2) is 5.43 Å². The van der Waals surface area contributed by atoms with Crippen molar-refractivity contribution in [3.8, 4) is 11.5 Å². The van der Waals surface area contributed by atoms with Gasteiger partial charge in [-0.2, -0.15) is 5.10 Å². The van der Waals surface area contributed by atoms with E-state index in [1.165, 1.54) is 0 Å². The predicted octanol–water partition coefficient (Wildman–Crippen LogP) is 3.19. The molecule has 0 saturated carbocycles. The molecule has 0 aliphatic rings. The van der Waals surface area contributed by atoms with Crippen molar-refractivity contribution in [3.05, 3.63) is 58.6 Å². The molecule has 0 heterocycles. The molecule has 1 N–H and O–H groups in total. The number of halogens is 1. The molecule has 0 aromatic heterocycles. The molecular weight excluding hydrogens is 316 g/mol. The minimum atomic E-state index is -0.343. The van der Waals surface area contributed by atoms with Crippen LogP contribution in [0.5, 0.6) is 11.5 Å². The van der Waals surface area contributed by atoms with Gasteiger partial charge in [0.2, 0.25) is 0 Å². The Morgan fingerprint density at radius 1 is 1.26 bits per heavy atom. The summed E-state index contributed by atoms with van der Waals surface area (Å²) in [6, 6.07) is 12.5. The summed E-state index contributed by atoms with van der Waals surface area (Å²) >= 11 is 5.86. The molecule has 0 spiro atoms. The van der Waals surface area contributed by atoms with Gasteiger partial charge in [0.05, 0.1) is 13.3 Å². The van der Waals surface area contributed by atoms with E-state index in [1.54, 1.807) is 31.5 Å². The maximum Gasteiger partial charge on any atom is 0.277 e. The van der Waals surface area contributed by atoms with E-state index in [1.807, 2.05) is 31.2 Å². The van der Waals surface area contributed by atoms with Gasteiger partial charge in [-0.15, -0.1) is 0 Å². The monoisotopic (exact) mass is 332 g/mol. The average molecular weight is 333 g/mol. The standard InChI is InChI=1S/C17H17ClN2O3/c1-12-9-14(18)5-8-16(12)23-11-17(21)20-19-10-13-3-6-15(22-2)7-4-13/h3-10H,11H2,1-2H3,(H,20,21)/b19-10-. The van der Waals surface area contributed by atoms with Crippen LogP contribution in [0.2, 0.25) is 5.02 Å². The van der Waals surface area contributed by atoms with E-state index in [4.69, 9.17) is 21.1 Å². The lowest BCUT2D eigenvalue weighted by Crippen LogP contribution is -2.24. The number of nitrogens with one attached hydrogen (secondary N) is 1. The van der Waals surface area contributed by atoms with Crippen molar-refractivity contribution in [1.82, 2.24) is 5.43 Å². The number of hydrogen-bond donors (Lipinski definition) is 1. The Labute approximate surface area is 139 Å². The van der Waals surface area contributed by atoms with E-state index in [0.717, 1.165) is 16.9 Å². The zero-order chi connectivity index (χ0) is 16.7. The molecule has 2 rings (SSSR count). The number of benzene rings is 2. The zero-order valence-corrected chi connectivity index (χ0v) is 13.6. The molecule has 0 unspecified atom stereocenters. The second-order valence-electron chi connectivity index (χ2n) is 4.76. The van der Waals surface area contributed by atoms with Gasteiger partial charge in [0.1, 0.15) is 11.5 Å². The summed E-state index contributed by atoms with van der Waals surface area (Å²) in [4.78, 5) is 11.7. The highest BCUT2D eigenvalue weighted by Crippen LogP contribution is 2.21. The van der Waals surface area contributed by atoms with E-state index >= 15 is 0 Å². The fourth-order valence-corrected chi connectivity index (χ4v) is 2.05. The number of methoxy groups -OCH3 is 1. The molecule has 120 valence electrons. The minimum Gasteiger partial charge on any atom is -0.497 e. The van der Waals surface area contributed by atoms with Gasteiger partial charge >= 0.3 is 0 Å². The summed E-state index contributed by atoms with van der Waals surface area (Å²) < 4.78 is 10.5. The van der Waals surface area contributed by atoms with Crippen molar-refractivity contribution in [2.45, 2.75) is 6.92 Å². The van der Waals surface area contributed by atoms with Gasteiger partial charge in [-0.05, 0) is 60.5 Å². The van der Waals surface area contributed by atoms with Crippen molar-refractivity contribution in [2.75, 3.05) is 13.7 Å². The third-order valence-electron chi connectivity index (χ3n) is 3.01. The number of rotatable bonds is 6. The first-order valence-corrected chi connectivity index (χ1v) is 7.31. The van der Waals surface area contributed by atoms with Crippen molar-refractivity contribution in [2.24, 2.45) is 5.10 Å². The quantitative estimate of drug-likeness (QED) is 0.653. The zero-order valence-electron chi connectivity index (χ0n) is 12.9. The highest BCUT2D eigenvalue weighted by molar-refractivity contribution is 6.30. The number of aryl methyl sites for hydroxylation is 1. The molecule has 6 heteroatoms. The van der Waals surface area contributed by atoms with Crippen LogP contribution >= 0.6 is 11.6 Å². The molecule has 0 aliphatic carbocycles. The number of nitrogens with zero attached hydrogens (tertiary/aromatic N) is 1. The van der Waals surface area contributed by atoms with Crippen LogP contribution in [0.25, 0.3) is 0 Å². The Bertz CT molecular complexity index is 699. The summed E-state index contributed by atoms with van der Waals surface area (Å²) in [7, 11) is 1.60. The lowest BCUT2D eigenvalue weighted by molar-refractivity contribution is -0.123. The van der Waals surface area contributed by atoms with Crippen LogP contribution in [0.4, 0.5) is 0 Å². The molecule has 5 nitrogen and oxygen atoms in total. The third-order valence-corrected chi connectivity index (χ3v) is 3.25. The Kier molecular flexibility index (Phi) is 6.00. The lowest BCUT2D eigenvalue weighted by Gasteiger charge is -2.08. The molecule has 0 aliphatic heterocycles. The number of amides is 1. The lowest BCUT2D eigenvalue weighted by atomic mass is 10.2. The van der Waals surface area contributed by atoms with Crippen molar-refractivity contribution < 1.29 is 14.3 Å². The van der Waals surface area contributed by atoms with Gasteiger partial charge < -0.3 is 9.47 Å². The minimum absolute atomic E-state index is 0.123. The smallest absolute Gasteiger partial charge is 0.277 e. The maximum absolute atomic E-state index is 11.7. The van der Waals surface area contributed by atoms with Crippen LogP contribution in [0, 0.1) is 6.92 Å². The molecule has 23 heavy (non-hydrogen) atoms. The van der Waals surface area contributed by atoms with E-state index in [-0.39, 0.29) is 12.5 Å². The van der Waals surface area contributed by atoms with E-state index in [2.05, 4.69) is 10.5 Å². The Morgan fingerprint density at radius 2 is 2.00 bits per heavy atom. The van der Waals surface area contributed by atoms with Gasteiger partial charge in [-0.1, -0.05) is 11.6 Å². The molecule has 0 radical (unpaired) electrons. The van der Waals surface area contributed by atoms with Crippen molar-refractivity contribution >= 4 is 23.7 Å². The highest BCUT2D eigenvalue weighted by Gasteiger charge is 2.04. The van der Waals surface area contributed by atoms with Crippen LogP contribution in [-0.4, -0.2) is 25.8 Å². The number of ether oxygens (including phenoxy) is 2. The third kappa shape index (κ3) is 5.30. The molecule has 0 bridgehead atoms. The molecule has 0 fully saturated rings. The number of hydrogen-bond acceptors (Lipinski definition) is 4. The van der Waals surface area contributed by atoms with Crippen LogP contribution in [0.3, 0.4) is 0 Å². The maximum atomic E-state index is 11.7. The Hall–Kier alpha value is -2.53. The SMILES string of the molecule is COc1ccc(/C=N\NC(=O)COc2ccc(Cl)cc2C)cc1. The second-order valence-corrected chi connectivity index (χ2v) is 5.20. The van der Waals surface area contributed by atoms with E-state index in [9.17, 15) is 4.79 Å². The molecule has 0 saturated heterocycles. The van der Waals surface area contributed by atoms with E-state index < -0.39 is 0 Å². The highest BCUT2D eigenvalue weighted by atomic mass is 35.5. The molecule has 2 aromatic rings. The number of carbonyl (C=O) groups excluding carboxylic acids is 1. The first-order chi connectivity index (χ1) is 11.1. The largest absolute Gasteiger partial charge is 0.497 e. The topological polar surface area (TPSA) is 59.9 Å². The molecule has 1 amide bonds. The summed E-state index contributed by atoms with van der Waals surface area (Å²) in [6.07, 6.45) is 1.55. The van der Waals surface area contributed by atoms with Crippen LogP contribution in [0.15, 0.2) is 47.6 Å². The summed E-state index contributed by atoms with van der Waals surface area (Å²) in [5.41, 5.74) is 4.12. The van der Waals surface area contributed by atoms with Gasteiger partial charge in [0, 0.05) is 5.02 Å². The predicted molar refractivity (Wildman–Crippen MR) is 90.4 cm³/mol. The fourth-order valence-electron chi connectivity index (χ4n) is 1.82. The van der Waals surface area contributed by atoms with Crippen molar-refractivity contribution in [3.63, 3.8) is 0 Å². The first kappa shape index (κ1) is 16.8. The summed E-state index contributed by atoms with van der Waals surface area (Å²) in [5.74, 6) is 1.03. The number of hydrazone groups is 1. The molecule has 2 aromatic carbocycles. The Balaban J connectivity index is 1.81. The first-order valence-electron chi connectivity index (χ1n) is 6.93. The molecule has 0 atom stereocenters. The van der Waals surface area contributed by atoms with E-state index in [0.29, 0.717) is 10.8 Å². The number of carbonyl (C=O) groups is 1.